The van der Waals surface area contributed by atoms with Gasteiger partial charge in [0.1, 0.15) is 34.8 Å². The van der Waals surface area contributed by atoms with Crippen LogP contribution in [0.15, 0.2) is 41.3 Å². The van der Waals surface area contributed by atoms with Gasteiger partial charge in [-0.2, -0.15) is 0 Å². The second kappa shape index (κ2) is 10.4. The van der Waals surface area contributed by atoms with Gasteiger partial charge in [0.15, 0.2) is 0 Å². The Bertz CT molecular complexity index is 997. The van der Waals surface area contributed by atoms with Crippen LogP contribution >= 0.6 is 47.2 Å². The standard InChI is InChI=1S/C21H19Cl2NO4S2/c1-3-24-20(25)18(30-21(24)29)10-13-9-14(22)11-17(23)19(13)28-8-7-27-16-6-4-5-15(12-16)26-2/h4-6,9-12H,3,7-8H2,1-2H3. The van der Waals surface area contributed by atoms with Crippen LogP contribution in [0.1, 0.15) is 12.5 Å². The van der Waals surface area contributed by atoms with Crippen molar-refractivity contribution >= 4 is 63.5 Å². The third-order valence-electron chi connectivity index (χ3n) is 4.15. The number of thiocarbonyl (C=S) groups is 1. The van der Waals surface area contributed by atoms with Crippen LogP contribution in [0.5, 0.6) is 17.2 Å². The number of methoxy groups -OCH3 is 1. The van der Waals surface area contributed by atoms with Crippen LogP contribution in [-0.2, 0) is 4.79 Å². The molecule has 1 saturated heterocycles. The van der Waals surface area contributed by atoms with E-state index in [4.69, 9.17) is 49.6 Å². The molecule has 0 radical (unpaired) electrons. The molecule has 0 atom stereocenters. The number of benzene rings is 2. The topological polar surface area (TPSA) is 48.0 Å². The maximum absolute atomic E-state index is 12.5. The highest BCUT2D eigenvalue weighted by Crippen LogP contribution is 2.38. The number of nitrogens with zero attached hydrogens (tertiary/aromatic N) is 1. The molecule has 2 aromatic carbocycles. The molecule has 0 saturated carbocycles. The van der Waals surface area contributed by atoms with Gasteiger partial charge in [-0.05, 0) is 37.3 Å². The zero-order valence-corrected chi connectivity index (χ0v) is 19.5. The number of rotatable bonds is 8. The predicted molar refractivity (Wildman–Crippen MR) is 126 cm³/mol. The van der Waals surface area contributed by atoms with Gasteiger partial charge in [0.05, 0.1) is 17.0 Å². The average molecular weight is 484 g/mol. The van der Waals surface area contributed by atoms with E-state index < -0.39 is 0 Å². The molecule has 1 fully saturated rings. The molecule has 0 aliphatic carbocycles. The summed E-state index contributed by atoms with van der Waals surface area (Å²) < 4.78 is 17.3. The Morgan fingerprint density at radius 2 is 1.87 bits per heavy atom. The number of carbonyl (C=O) groups is 1. The van der Waals surface area contributed by atoms with Crippen LogP contribution in [0.3, 0.4) is 0 Å². The minimum absolute atomic E-state index is 0.143. The summed E-state index contributed by atoms with van der Waals surface area (Å²) in [5.74, 6) is 1.66. The third-order valence-corrected chi connectivity index (χ3v) is 6.03. The first-order chi connectivity index (χ1) is 14.4. The van der Waals surface area contributed by atoms with Crippen molar-refractivity contribution in [2.45, 2.75) is 6.92 Å². The van der Waals surface area contributed by atoms with E-state index in [1.54, 1.807) is 36.3 Å². The van der Waals surface area contributed by atoms with Crippen LogP contribution in [0.25, 0.3) is 6.08 Å². The largest absolute Gasteiger partial charge is 0.497 e. The smallest absolute Gasteiger partial charge is 0.266 e. The monoisotopic (exact) mass is 483 g/mol. The first kappa shape index (κ1) is 22.7. The number of halogens is 2. The lowest BCUT2D eigenvalue weighted by atomic mass is 10.1. The Morgan fingerprint density at radius 3 is 2.57 bits per heavy atom. The second-order valence-corrected chi connectivity index (χ2v) is 8.63. The highest BCUT2D eigenvalue weighted by molar-refractivity contribution is 8.26. The molecule has 1 aliphatic heterocycles. The molecule has 0 unspecified atom stereocenters. The van der Waals surface area contributed by atoms with Crippen molar-refractivity contribution < 1.29 is 19.0 Å². The molecule has 158 valence electrons. The van der Waals surface area contributed by atoms with E-state index >= 15 is 0 Å². The Kier molecular flexibility index (Phi) is 7.88. The number of hydrogen-bond acceptors (Lipinski definition) is 6. The van der Waals surface area contributed by atoms with Gasteiger partial charge in [-0.1, -0.05) is 53.2 Å². The maximum atomic E-state index is 12.5. The molecule has 1 amide bonds. The van der Waals surface area contributed by atoms with Crippen molar-refractivity contribution in [2.24, 2.45) is 0 Å². The summed E-state index contributed by atoms with van der Waals surface area (Å²) in [5.41, 5.74) is 0.602. The number of ether oxygens (including phenoxy) is 3. The van der Waals surface area contributed by atoms with Gasteiger partial charge in [-0.25, -0.2) is 0 Å². The van der Waals surface area contributed by atoms with Crippen LogP contribution < -0.4 is 14.2 Å². The fourth-order valence-corrected chi connectivity index (χ4v) is 4.69. The van der Waals surface area contributed by atoms with E-state index in [0.717, 1.165) is 0 Å². The summed E-state index contributed by atoms with van der Waals surface area (Å²) in [6, 6.07) is 10.6. The van der Waals surface area contributed by atoms with Gasteiger partial charge in [-0.3, -0.25) is 9.69 Å². The minimum Gasteiger partial charge on any atom is -0.497 e. The molecule has 0 spiro atoms. The van der Waals surface area contributed by atoms with E-state index in [9.17, 15) is 4.79 Å². The first-order valence-corrected chi connectivity index (χ1v) is 11.0. The van der Waals surface area contributed by atoms with Gasteiger partial charge in [0.25, 0.3) is 5.91 Å². The summed E-state index contributed by atoms with van der Waals surface area (Å²) in [4.78, 5) is 14.6. The zero-order chi connectivity index (χ0) is 21.7. The number of carbonyl (C=O) groups excluding carboxylic acids is 1. The lowest BCUT2D eigenvalue weighted by Gasteiger charge is -2.13. The molecular formula is C21H19Cl2NO4S2. The molecule has 2 aromatic rings. The Morgan fingerprint density at radius 1 is 1.13 bits per heavy atom. The van der Waals surface area contributed by atoms with E-state index in [-0.39, 0.29) is 12.5 Å². The summed E-state index contributed by atoms with van der Waals surface area (Å²) in [7, 11) is 1.60. The highest BCUT2D eigenvalue weighted by Gasteiger charge is 2.31. The van der Waals surface area contributed by atoms with Gasteiger partial charge in [0, 0.05) is 23.2 Å². The lowest BCUT2D eigenvalue weighted by molar-refractivity contribution is -0.121. The Balaban J connectivity index is 1.73. The van der Waals surface area contributed by atoms with Crippen molar-refractivity contribution in [1.82, 2.24) is 4.90 Å². The average Bonchev–Trinajstić information content (AvgIpc) is 2.99. The molecule has 0 aromatic heterocycles. The number of thioether (sulfide) groups is 1. The summed E-state index contributed by atoms with van der Waals surface area (Å²) >= 11 is 19.0. The van der Waals surface area contributed by atoms with Crippen molar-refractivity contribution in [3.8, 4) is 17.2 Å². The summed E-state index contributed by atoms with van der Waals surface area (Å²) in [6.07, 6.45) is 1.70. The zero-order valence-electron chi connectivity index (χ0n) is 16.3. The number of amides is 1. The van der Waals surface area contributed by atoms with E-state index in [1.807, 2.05) is 25.1 Å². The molecule has 30 heavy (non-hydrogen) atoms. The normalized spacial score (nSPS) is 15.1. The van der Waals surface area contributed by atoms with Crippen LogP contribution in [0.2, 0.25) is 10.0 Å². The van der Waals surface area contributed by atoms with Crippen molar-refractivity contribution in [3.05, 3.63) is 56.9 Å². The van der Waals surface area contributed by atoms with Crippen molar-refractivity contribution in [3.63, 3.8) is 0 Å². The van der Waals surface area contributed by atoms with Gasteiger partial charge in [0.2, 0.25) is 0 Å². The van der Waals surface area contributed by atoms with E-state index in [0.29, 0.717) is 55.2 Å². The molecular weight excluding hydrogens is 465 g/mol. The number of likely N-dealkylation sites (N-methyl/N-ethyl adjacent to an activating group) is 1. The van der Waals surface area contributed by atoms with Crippen LogP contribution in [-0.4, -0.2) is 42.0 Å². The quantitative estimate of drug-likeness (QED) is 0.273. The SMILES string of the molecule is CCN1C(=O)C(=Cc2cc(Cl)cc(Cl)c2OCCOc2cccc(OC)c2)SC1=S. The minimum atomic E-state index is -0.143. The highest BCUT2D eigenvalue weighted by atomic mass is 35.5. The van der Waals surface area contributed by atoms with Crippen molar-refractivity contribution in [2.75, 3.05) is 26.9 Å². The van der Waals surface area contributed by atoms with Crippen molar-refractivity contribution in [1.29, 1.82) is 0 Å². The molecule has 1 heterocycles. The van der Waals surface area contributed by atoms with E-state index in [1.165, 1.54) is 11.8 Å². The molecule has 9 heteroatoms. The van der Waals surface area contributed by atoms with Crippen LogP contribution in [0, 0.1) is 0 Å². The van der Waals surface area contributed by atoms with Gasteiger partial charge in [-0.15, -0.1) is 0 Å². The Hall–Kier alpha value is -1.93. The van der Waals surface area contributed by atoms with Crippen LogP contribution in [0.4, 0.5) is 0 Å². The lowest BCUT2D eigenvalue weighted by Crippen LogP contribution is -2.27. The molecule has 0 bridgehead atoms. The summed E-state index contributed by atoms with van der Waals surface area (Å²) in [6.45, 7) is 2.93. The molecule has 0 N–H and O–H groups in total. The second-order valence-electron chi connectivity index (χ2n) is 6.11. The summed E-state index contributed by atoms with van der Waals surface area (Å²) in [5, 5.41) is 0.790. The van der Waals surface area contributed by atoms with E-state index in [2.05, 4.69) is 0 Å². The Labute approximate surface area is 194 Å². The predicted octanol–water partition coefficient (Wildman–Crippen LogP) is 5.68. The molecule has 5 nitrogen and oxygen atoms in total. The molecule has 3 rings (SSSR count). The molecule has 1 aliphatic rings. The van der Waals surface area contributed by atoms with Gasteiger partial charge >= 0.3 is 0 Å². The fourth-order valence-electron chi connectivity index (χ4n) is 2.75. The fraction of sp³-hybridized carbons (Fsp3) is 0.238. The third kappa shape index (κ3) is 5.40. The maximum Gasteiger partial charge on any atom is 0.266 e. The van der Waals surface area contributed by atoms with Gasteiger partial charge < -0.3 is 14.2 Å². The first-order valence-electron chi connectivity index (χ1n) is 9.07. The number of hydrogen-bond donors (Lipinski definition) is 0.